The average molecular weight is 247 g/mol. The zero-order valence-electron chi connectivity index (χ0n) is 10.2. The van der Waals surface area contributed by atoms with Crippen LogP contribution in [0.5, 0.6) is 0 Å². The molecule has 1 rings (SSSR count). The van der Waals surface area contributed by atoms with E-state index in [0.29, 0.717) is 6.26 Å². The van der Waals surface area contributed by atoms with Gasteiger partial charge in [0.2, 0.25) is 0 Å². The lowest BCUT2D eigenvalue weighted by molar-refractivity contribution is -0.785. The molecule has 1 atom stereocenters. The smallest absolute Gasteiger partial charge is 0.102 e. The van der Waals surface area contributed by atoms with Crippen molar-refractivity contribution in [1.29, 1.82) is 0 Å². The molecule has 0 radical (unpaired) electrons. The first-order valence-corrected chi connectivity index (χ1v) is 7.33. The normalized spacial score (nSPS) is 19.0. The van der Waals surface area contributed by atoms with Crippen molar-refractivity contribution in [3.63, 3.8) is 0 Å². The van der Waals surface area contributed by atoms with Gasteiger partial charge in [-0.25, -0.2) is 8.42 Å². The third-order valence-corrected chi connectivity index (χ3v) is 2.11. The van der Waals surface area contributed by atoms with Crippen molar-refractivity contribution in [2.75, 3.05) is 12.8 Å². The molecule has 0 aromatic heterocycles. The van der Waals surface area contributed by atoms with Crippen molar-refractivity contribution in [2.45, 2.75) is 33.1 Å². The molecule has 0 aliphatic carbocycles. The maximum absolute atomic E-state index is 9.08. The van der Waals surface area contributed by atoms with Gasteiger partial charge in [-0.1, -0.05) is 13.3 Å². The molecule has 1 aliphatic heterocycles. The Kier molecular flexibility index (Phi) is 7.29. The van der Waals surface area contributed by atoms with Crippen molar-refractivity contribution in [1.82, 2.24) is 0 Å². The summed E-state index contributed by atoms with van der Waals surface area (Å²) < 4.78 is 27.2. The van der Waals surface area contributed by atoms with E-state index in [-0.39, 0.29) is 0 Å². The average Bonchev–Trinajstić information content (AvgIpc) is 2.59. The second-order valence-corrected chi connectivity index (χ2v) is 5.20. The number of unbranched alkanes of at least 4 members (excludes halogenated alkanes) is 1. The van der Waals surface area contributed by atoms with Crippen LogP contribution < -0.4 is 4.90 Å². The third kappa shape index (κ3) is 9.89. The van der Waals surface area contributed by atoms with Crippen molar-refractivity contribution in [3.05, 3.63) is 24.0 Å². The Morgan fingerprint density at radius 2 is 1.94 bits per heavy atom. The fourth-order valence-corrected chi connectivity index (χ4v) is 1.30. The standard InChI is InChI=1S/C10H17N.CH4O3S/c1-3-5-6-10-7-8-11(4-2)9-10;1-5(2,3)4/h7-9H,3-6H2,1-2H3;1H3,(H,2,3,4). The zero-order valence-corrected chi connectivity index (χ0v) is 11.0. The van der Waals surface area contributed by atoms with E-state index in [1.165, 1.54) is 36.3 Å². The topological polar surface area (TPSA) is 61.6 Å². The quantitative estimate of drug-likeness (QED) is 0.742. The van der Waals surface area contributed by atoms with Gasteiger partial charge < -0.3 is 4.55 Å². The molecule has 16 heavy (non-hydrogen) atoms. The SMILES string of the molecule is CCCCC1=C[NH+](CC)C=C1.CS(=O)(=O)[O-]. The van der Waals surface area contributed by atoms with Crippen LogP contribution >= 0.6 is 0 Å². The van der Waals surface area contributed by atoms with Gasteiger partial charge in [-0.05, 0) is 19.8 Å². The first kappa shape index (κ1) is 15.3. The molecule has 4 nitrogen and oxygen atoms in total. The highest BCUT2D eigenvalue weighted by molar-refractivity contribution is 7.84. The Bertz CT molecular complexity index is 336. The van der Waals surface area contributed by atoms with E-state index < -0.39 is 10.1 Å². The third-order valence-electron chi connectivity index (χ3n) is 2.11. The van der Waals surface area contributed by atoms with E-state index in [2.05, 4.69) is 32.3 Å². The predicted octanol–water partition coefficient (Wildman–Crippen LogP) is 0.654. The number of allylic oxidation sites excluding steroid dienone is 2. The van der Waals surface area contributed by atoms with E-state index in [0.717, 1.165) is 0 Å². The van der Waals surface area contributed by atoms with Gasteiger partial charge in [0.1, 0.15) is 6.20 Å². The van der Waals surface area contributed by atoms with Gasteiger partial charge in [0, 0.05) is 17.9 Å². The maximum Gasteiger partial charge on any atom is 0.102 e. The number of quaternary nitrogens is 1. The highest BCUT2D eigenvalue weighted by atomic mass is 32.2. The molecule has 0 saturated carbocycles. The van der Waals surface area contributed by atoms with Crippen molar-refractivity contribution in [2.24, 2.45) is 0 Å². The molecule has 5 heteroatoms. The van der Waals surface area contributed by atoms with Crippen LogP contribution in [0.1, 0.15) is 33.1 Å². The summed E-state index contributed by atoms with van der Waals surface area (Å²) in [6.07, 6.45) is 11.3. The molecule has 0 aromatic carbocycles. The van der Waals surface area contributed by atoms with Crippen molar-refractivity contribution >= 4 is 10.1 Å². The van der Waals surface area contributed by atoms with E-state index in [4.69, 9.17) is 13.0 Å². The van der Waals surface area contributed by atoms with Crippen molar-refractivity contribution in [3.8, 4) is 0 Å². The Labute approximate surface area is 98.4 Å². The molecule has 1 unspecified atom stereocenters. The van der Waals surface area contributed by atoms with Crippen LogP contribution in [0.15, 0.2) is 24.0 Å². The van der Waals surface area contributed by atoms with Gasteiger partial charge >= 0.3 is 0 Å². The monoisotopic (exact) mass is 247 g/mol. The molecule has 0 aromatic rings. The van der Waals surface area contributed by atoms with Crippen LogP contribution in [0.25, 0.3) is 0 Å². The summed E-state index contributed by atoms with van der Waals surface area (Å²) in [6.45, 7) is 5.62. The van der Waals surface area contributed by atoms with E-state index >= 15 is 0 Å². The fraction of sp³-hybridized carbons (Fsp3) is 0.636. The van der Waals surface area contributed by atoms with E-state index in [1.54, 1.807) is 0 Å². The Morgan fingerprint density at radius 3 is 2.31 bits per heavy atom. The number of nitrogens with one attached hydrogen (secondary N) is 1. The second-order valence-electron chi connectivity index (χ2n) is 3.79. The first-order chi connectivity index (χ1) is 7.36. The molecule has 1 N–H and O–H groups in total. The number of hydrogen-bond donors (Lipinski definition) is 1. The lowest BCUT2D eigenvalue weighted by atomic mass is 10.1. The van der Waals surface area contributed by atoms with Crippen LogP contribution in [0.3, 0.4) is 0 Å². The molecule has 94 valence electrons. The van der Waals surface area contributed by atoms with Gasteiger partial charge in [-0.3, -0.25) is 4.90 Å². The molecule has 0 bridgehead atoms. The van der Waals surface area contributed by atoms with Crippen LogP contribution in [-0.4, -0.2) is 25.8 Å². The molecule has 0 spiro atoms. The van der Waals surface area contributed by atoms with E-state index in [9.17, 15) is 0 Å². The molecule has 1 heterocycles. The van der Waals surface area contributed by atoms with Crippen LogP contribution in [0.2, 0.25) is 0 Å². The largest absolute Gasteiger partial charge is 0.748 e. The second kappa shape index (κ2) is 7.60. The van der Waals surface area contributed by atoms with Crippen LogP contribution in [0, 0.1) is 0 Å². The molecule has 0 amide bonds. The minimum Gasteiger partial charge on any atom is -0.748 e. The molecular formula is C11H21NO3S. The number of rotatable bonds is 4. The van der Waals surface area contributed by atoms with Gasteiger partial charge in [0.15, 0.2) is 0 Å². The van der Waals surface area contributed by atoms with Gasteiger partial charge in [0.25, 0.3) is 0 Å². The van der Waals surface area contributed by atoms with Gasteiger partial charge in [-0.2, -0.15) is 0 Å². The highest BCUT2D eigenvalue weighted by Gasteiger charge is 2.07. The minimum absolute atomic E-state index is 0.604. The van der Waals surface area contributed by atoms with Gasteiger partial charge in [0.05, 0.1) is 22.9 Å². The summed E-state index contributed by atoms with van der Waals surface area (Å²) in [6, 6.07) is 0. The minimum atomic E-state index is -3.92. The predicted molar refractivity (Wildman–Crippen MR) is 63.9 cm³/mol. The zero-order chi connectivity index (χ0) is 12.6. The molecule has 0 saturated heterocycles. The van der Waals surface area contributed by atoms with E-state index in [1.807, 2.05) is 0 Å². The Balaban J connectivity index is 0.000000385. The lowest BCUT2D eigenvalue weighted by Crippen LogP contribution is -3.01. The van der Waals surface area contributed by atoms with Gasteiger partial charge in [-0.15, -0.1) is 0 Å². The Hall–Kier alpha value is -0.650. The summed E-state index contributed by atoms with van der Waals surface area (Å²) in [5.41, 5.74) is 1.52. The summed E-state index contributed by atoms with van der Waals surface area (Å²) in [5.74, 6) is 0. The summed E-state index contributed by atoms with van der Waals surface area (Å²) in [7, 11) is -3.92. The van der Waals surface area contributed by atoms with Crippen LogP contribution in [-0.2, 0) is 10.1 Å². The highest BCUT2D eigenvalue weighted by Crippen LogP contribution is 2.08. The number of hydrogen-bond acceptors (Lipinski definition) is 3. The lowest BCUT2D eigenvalue weighted by Gasteiger charge is -2.00. The maximum atomic E-state index is 9.08. The summed E-state index contributed by atoms with van der Waals surface area (Å²) in [4.78, 5) is 1.48. The summed E-state index contributed by atoms with van der Waals surface area (Å²) >= 11 is 0. The first-order valence-electron chi connectivity index (χ1n) is 5.52. The fourth-order valence-electron chi connectivity index (χ4n) is 1.30. The van der Waals surface area contributed by atoms with Crippen LogP contribution in [0.4, 0.5) is 0 Å². The Morgan fingerprint density at radius 1 is 1.38 bits per heavy atom. The molecule has 0 fully saturated rings. The molecular weight excluding hydrogens is 226 g/mol. The summed E-state index contributed by atoms with van der Waals surface area (Å²) in [5, 5.41) is 0. The van der Waals surface area contributed by atoms with Crippen molar-refractivity contribution < 1.29 is 17.9 Å². The molecule has 1 aliphatic rings.